The van der Waals surface area contributed by atoms with Crippen molar-refractivity contribution in [1.82, 2.24) is 14.7 Å². The fourth-order valence-corrected chi connectivity index (χ4v) is 3.08. The van der Waals surface area contributed by atoms with Crippen molar-refractivity contribution in [3.05, 3.63) is 11.3 Å². The van der Waals surface area contributed by atoms with Gasteiger partial charge in [0.05, 0.1) is 24.5 Å². The summed E-state index contributed by atoms with van der Waals surface area (Å²) in [6.07, 6.45) is 3.11. The second-order valence-corrected chi connectivity index (χ2v) is 5.65. The van der Waals surface area contributed by atoms with E-state index < -0.39 is 0 Å². The first-order chi connectivity index (χ1) is 9.02. The van der Waals surface area contributed by atoms with Crippen molar-refractivity contribution >= 4 is 0 Å². The van der Waals surface area contributed by atoms with Gasteiger partial charge in [0, 0.05) is 20.1 Å². The largest absolute Gasteiger partial charge is 0.481 e. The second kappa shape index (κ2) is 5.92. The van der Waals surface area contributed by atoms with Crippen LogP contribution in [-0.2, 0) is 13.6 Å². The molecule has 2 atom stereocenters. The highest BCUT2D eigenvalue weighted by molar-refractivity contribution is 5.30. The maximum Gasteiger partial charge on any atom is 0.216 e. The first-order valence-electron chi connectivity index (χ1n) is 6.96. The van der Waals surface area contributed by atoms with Gasteiger partial charge >= 0.3 is 0 Å². The minimum Gasteiger partial charge on any atom is -0.481 e. The minimum absolute atomic E-state index is 0.126. The zero-order chi connectivity index (χ0) is 14.0. The van der Waals surface area contributed by atoms with E-state index in [1.54, 1.807) is 11.8 Å². The Morgan fingerprint density at radius 3 is 2.79 bits per heavy atom. The molecule has 0 bridgehead atoms. The van der Waals surface area contributed by atoms with Gasteiger partial charge in [-0.15, -0.1) is 0 Å². The summed E-state index contributed by atoms with van der Waals surface area (Å²) in [5, 5.41) is 14.3. The van der Waals surface area contributed by atoms with Gasteiger partial charge in [-0.25, -0.2) is 4.68 Å². The number of nitrogens with zero attached hydrogens (tertiary/aromatic N) is 3. The smallest absolute Gasteiger partial charge is 0.216 e. The number of aryl methyl sites for hydroxylation is 2. The summed E-state index contributed by atoms with van der Waals surface area (Å²) in [4.78, 5) is 2.26. The Labute approximate surface area is 115 Å². The van der Waals surface area contributed by atoms with Crippen molar-refractivity contribution in [2.45, 2.75) is 38.8 Å². The van der Waals surface area contributed by atoms with E-state index in [2.05, 4.69) is 17.0 Å². The molecular weight excluding hydrogens is 242 g/mol. The number of ether oxygens (including phenoxy) is 1. The van der Waals surface area contributed by atoms with Gasteiger partial charge in [0.2, 0.25) is 5.88 Å². The summed E-state index contributed by atoms with van der Waals surface area (Å²) >= 11 is 0. The average molecular weight is 267 g/mol. The average Bonchev–Trinajstić information content (AvgIpc) is 2.85. The monoisotopic (exact) mass is 267 g/mol. The Hall–Kier alpha value is -1.07. The van der Waals surface area contributed by atoms with Crippen molar-refractivity contribution in [1.29, 1.82) is 0 Å². The Morgan fingerprint density at radius 2 is 2.21 bits per heavy atom. The minimum atomic E-state index is -0.126. The molecule has 1 aliphatic carbocycles. The van der Waals surface area contributed by atoms with Gasteiger partial charge in [0.25, 0.3) is 0 Å². The predicted molar refractivity (Wildman–Crippen MR) is 74.2 cm³/mol. The van der Waals surface area contributed by atoms with Crippen LogP contribution < -0.4 is 4.74 Å². The Bertz CT molecular complexity index is 431. The molecule has 1 N–H and O–H groups in total. The molecule has 1 aromatic heterocycles. The lowest BCUT2D eigenvalue weighted by molar-refractivity contribution is 0.107. The van der Waals surface area contributed by atoms with Gasteiger partial charge in [-0.3, -0.25) is 0 Å². The van der Waals surface area contributed by atoms with E-state index in [-0.39, 0.29) is 6.10 Å². The molecule has 1 aliphatic rings. The lowest BCUT2D eigenvalue weighted by atomic mass is 10.1. The number of rotatable bonds is 5. The molecule has 0 saturated heterocycles. The van der Waals surface area contributed by atoms with Crippen LogP contribution in [0.2, 0.25) is 0 Å². The molecule has 1 fully saturated rings. The molecular formula is C14H25N3O2. The standard InChI is InChI=1S/C14H25N3O2/c1-10-12(14(19-4)17(3)15-10)9-16(2)8-11-6-5-7-13(11)18/h11,13,18H,5-9H2,1-4H3. The summed E-state index contributed by atoms with van der Waals surface area (Å²) in [7, 11) is 5.67. The van der Waals surface area contributed by atoms with E-state index in [0.717, 1.165) is 49.5 Å². The fraction of sp³-hybridized carbons (Fsp3) is 0.786. The van der Waals surface area contributed by atoms with Crippen molar-refractivity contribution < 1.29 is 9.84 Å². The third kappa shape index (κ3) is 3.09. The number of hydrogen-bond acceptors (Lipinski definition) is 4. The van der Waals surface area contributed by atoms with E-state index in [1.165, 1.54) is 0 Å². The molecule has 1 aromatic rings. The molecule has 108 valence electrons. The van der Waals surface area contributed by atoms with E-state index in [4.69, 9.17) is 4.74 Å². The van der Waals surface area contributed by atoms with E-state index in [9.17, 15) is 5.11 Å². The number of aliphatic hydroxyl groups excluding tert-OH is 1. The van der Waals surface area contributed by atoms with Crippen molar-refractivity contribution in [3.8, 4) is 5.88 Å². The maximum absolute atomic E-state index is 9.90. The van der Waals surface area contributed by atoms with Gasteiger partial charge in [-0.05, 0) is 32.7 Å². The van der Waals surface area contributed by atoms with Gasteiger partial charge in [-0.1, -0.05) is 6.42 Å². The van der Waals surface area contributed by atoms with Crippen LogP contribution in [0.1, 0.15) is 30.5 Å². The van der Waals surface area contributed by atoms with Crippen LogP contribution in [0.4, 0.5) is 0 Å². The quantitative estimate of drug-likeness (QED) is 0.874. The third-order valence-corrected chi connectivity index (χ3v) is 4.08. The Balaban J connectivity index is 2.00. The van der Waals surface area contributed by atoms with E-state index in [0.29, 0.717) is 5.92 Å². The van der Waals surface area contributed by atoms with Crippen LogP contribution in [-0.4, -0.2) is 46.6 Å². The highest BCUT2D eigenvalue weighted by Gasteiger charge is 2.26. The Morgan fingerprint density at radius 1 is 1.47 bits per heavy atom. The van der Waals surface area contributed by atoms with Crippen LogP contribution in [0.15, 0.2) is 0 Å². The zero-order valence-corrected chi connectivity index (χ0v) is 12.4. The van der Waals surface area contributed by atoms with Crippen LogP contribution in [0, 0.1) is 12.8 Å². The SMILES string of the molecule is COc1c(CN(C)CC2CCCC2O)c(C)nn1C. The second-order valence-electron chi connectivity index (χ2n) is 5.65. The van der Waals surface area contributed by atoms with Crippen LogP contribution in [0.5, 0.6) is 5.88 Å². The summed E-state index contributed by atoms with van der Waals surface area (Å²) in [6, 6.07) is 0. The molecule has 5 nitrogen and oxygen atoms in total. The highest BCUT2D eigenvalue weighted by atomic mass is 16.5. The zero-order valence-electron chi connectivity index (χ0n) is 12.4. The first kappa shape index (κ1) is 14.3. The van der Waals surface area contributed by atoms with E-state index in [1.807, 2.05) is 14.0 Å². The van der Waals surface area contributed by atoms with Gasteiger partial charge < -0.3 is 14.7 Å². The lowest BCUT2D eigenvalue weighted by Gasteiger charge is -2.23. The van der Waals surface area contributed by atoms with E-state index >= 15 is 0 Å². The normalized spacial score (nSPS) is 23.3. The third-order valence-electron chi connectivity index (χ3n) is 4.08. The molecule has 0 radical (unpaired) electrons. The molecule has 2 unspecified atom stereocenters. The van der Waals surface area contributed by atoms with Crippen LogP contribution in [0.25, 0.3) is 0 Å². The molecule has 1 saturated carbocycles. The predicted octanol–water partition coefficient (Wildman–Crippen LogP) is 1.33. The van der Waals surface area contributed by atoms with Gasteiger partial charge in [0.15, 0.2) is 0 Å². The summed E-state index contributed by atoms with van der Waals surface area (Å²) in [5.41, 5.74) is 2.15. The first-order valence-corrected chi connectivity index (χ1v) is 6.96. The lowest BCUT2D eigenvalue weighted by Crippen LogP contribution is -2.29. The number of hydrogen-bond donors (Lipinski definition) is 1. The van der Waals surface area contributed by atoms with Crippen molar-refractivity contribution in [2.24, 2.45) is 13.0 Å². The molecule has 5 heteroatoms. The number of methoxy groups -OCH3 is 1. The summed E-state index contributed by atoms with van der Waals surface area (Å²) < 4.78 is 7.19. The topological polar surface area (TPSA) is 50.5 Å². The van der Waals surface area contributed by atoms with Crippen LogP contribution >= 0.6 is 0 Å². The highest BCUT2D eigenvalue weighted by Crippen LogP contribution is 2.27. The Kier molecular flexibility index (Phi) is 4.47. The molecule has 0 aromatic carbocycles. The molecule has 1 heterocycles. The molecule has 19 heavy (non-hydrogen) atoms. The molecule has 0 amide bonds. The number of aliphatic hydroxyl groups is 1. The summed E-state index contributed by atoms with van der Waals surface area (Å²) in [5.74, 6) is 1.24. The molecule has 2 rings (SSSR count). The number of aromatic nitrogens is 2. The summed E-state index contributed by atoms with van der Waals surface area (Å²) in [6.45, 7) is 3.75. The van der Waals surface area contributed by atoms with Crippen molar-refractivity contribution in [2.75, 3.05) is 20.7 Å². The van der Waals surface area contributed by atoms with Gasteiger partial charge in [-0.2, -0.15) is 5.10 Å². The fourth-order valence-electron chi connectivity index (χ4n) is 3.08. The van der Waals surface area contributed by atoms with Gasteiger partial charge in [0.1, 0.15) is 0 Å². The van der Waals surface area contributed by atoms with Crippen LogP contribution in [0.3, 0.4) is 0 Å². The van der Waals surface area contributed by atoms with Crippen molar-refractivity contribution in [3.63, 3.8) is 0 Å². The molecule has 0 spiro atoms. The maximum atomic E-state index is 9.90. The molecule has 0 aliphatic heterocycles.